The van der Waals surface area contributed by atoms with Crippen molar-refractivity contribution in [1.82, 2.24) is 20.4 Å². The third-order valence-electron chi connectivity index (χ3n) is 6.97. The van der Waals surface area contributed by atoms with Gasteiger partial charge in [0.05, 0.1) is 19.3 Å². The predicted octanol–water partition coefficient (Wildman–Crippen LogP) is 2.77. The summed E-state index contributed by atoms with van der Waals surface area (Å²) >= 11 is 0. The van der Waals surface area contributed by atoms with Gasteiger partial charge in [-0.05, 0) is 37.0 Å². The maximum atomic E-state index is 13.5. The fourth-order valence-electron chi connectivity index (χ4n) is 5.12. The van der Waals surface area contributed by atoms with E-state index in [0.717, 1.165) is 57.0 Å². The number of benzene rings is 1. The van der Waals surface area contributed by atoms with Crippen molar-refractivity contribution >= 4 is 35.8 Å². The largest absolute Gasteiger partial charge is 0.379 e. The van der Waals surface area contributed by atoms with Crippen LogP contribution in [0.15, 0.2) is 29.3 Å². The summed E-state index contributed by atoms with van der Waals surface area (Å²) in [5.74, 6) is 1.08. The molecule has 0 aromatic heterocycles. The quantitative estimate of drug-likeness (QED) is 0.312. The van der Waals surface area contributed by atoms with Gasteiger partial charge in [-0.2, -0.15) is 0 Å². The van der Waals surface area contributed by atoms with Crippen molar-refractivity contribution in [3.8, 4) is 0 Å². The zero-order valence-corrected chi connectivity index (χ0v) is 21.8. The highest BCUT2D eigenvalue weighted by Gasteiger charge is 2.32. The Balaban J connectivity index is 0.00000306. The molecule has 7 nitrogen and oxygen atoms in total. The Morgan fingerprint density at radius 3 is 2.52 bits per heavy atom. The van der Waals surface area contributed by atoms with Crippen LogP contribution in [0.1, 0.15) is 43.7 Å². The first-order chi connectivity index (χ1) is 15.6. The van der Waals surface area contributed by atoms with E-state index in [4.69, 9.17) is 4.74 Å². The second kappa shape index (κ2) is 12.9. The minimum Gasteiger partial charge on any atom is -0.379 e. The number of amides is 1. The van der Waals surface area contributed by atoms with Crippen molar-refractivity contribution in [2.45, 2.75) is 44.2 Å². The average Bonchev–Trinajstić information content (AvgIpc) is 3.52. The molecular formula is C24H37FIN5O2. The molecule has 184 valence electrons. The number of likely N-dealkylation sites (tertiary alicyclic amines) is 1. The first-order valence-corrected chi connectivity index (χ1v) is 12.0. The molecule has 1 aliphatic carbocycles. The van der Waals surface area contributed by atoms with E-state index in [1.54, 1.807) is 7.05 Å². The zero-order chi connectivity index (χ0) is 22.3. The van der Waals surface area contributed by atoms with Crippen molar-refractivity contribution in [3.05, 3.63) is 35.6 Å². The molecule has 4 rings (SSSR count). The van der Waals surface area contributed by atoms with E-state index >= 15 is 0 Å². The zero-order valence-electron chi connectivity index (χ0n) is 19.5. The molecule has 2 N–H and O–H groups in total. The predicted molar refractivity (Wildman–Crippen MR) is 138 cm³/mol. The maximum absolute atomic E-state index is 13.5. The van der Waals surface area contributed by atoms with Crippen LogP contribution in [0.4, 0.5) is 4.39 Å². The van der Waals surface area contributed by atoms with E-state index in [0.29, 0.717) is 25.7 Å². The average molecular weight is 573 g/mol. The van der Waals surface area contributed by atoms with Crippen LogP contribution < -0.4 is 10.6 Å². The number of aliphatic imine (C=N–C) groups is 1. The summed E-state index contributed by atoms with van der Waals surface area (Å²) in [7, 11) is 1.77. The number of hydrogen-bond donors (Lipinski definition) is 2. The monoisotopic (exact) mass is 573 g/mol. The summed E-state index contributed by atoms with van der Waals surface area (Å²) < 4.78 is 19.0. The van der Waals surface area contributed by atoms with Gasteiger partial charge < -0.3 is 20.3 Å². The number of morpholine rings is 1. The van der Waals surface area contributed by atoms with Crippen LogP contribution in [0, 0.1) is 11.7 Å². The van der Waals surface area contributed by atoms with Crippen molar-refractivity contribution in [3.63, 3.8) is 0 Å². The van der Waals surface area contributed by atoms with Crippen LogP contribution in [-0.2, 0) is 9.53 Å². The van der Waals surface area contributed by atoms with E-state index in [2.05, 4.69) is 20.5 Å². The number of hydrogen-bond acceptors (Lipinski definition) is 4. The normalized spacial score (nSPS) is 23.3. The minimum atomic E-state index is -0.224. The number of guanidine groups is 1. The molecule has 33 heavy (non-hydrogen) atoms. The molecule has 3 aliphatic rings. The van der Waals surface area contributed by atoms with Gasteiger partial charge in [-0.1, -0.05) is 25.0 Å². The molecule has 0 radical (unpaired) electrons. The second-order valence-corrected chi connectivity index (χ2v) is 9.06. The lowest BCUT2D eigenvalue weighted by molar-refractivity contribution is -0.134. The summed E-state index contributed by atoms with van der Waals surface area (Å²) in [5, 5.41) is 6.97. The van der Waals surface area contributed by atoms with Crippen LogP contribution >= 0.6 is 24.0 Å². The molecule has 1 aromatic rings. The summed E-state index contributed by atoms with van der Waals surface area (Å²) in [4.78, 5) is 21.5. The summed E-state index contributed by atoms with van der Waals surface area (Å²) in [6, 6.07) is 7.06. The molecule has 2 unspecified atom stereocenters. The van der Waals surface area contributed by atoms with Gasteiger partial charge >= 0.3 is 0 Å². The number of rotatable bonds is 6. The topological polar surface area (TPSA) is 69.2 Å². The van der Waals surface area contributed by atoms with Gasteiger partial charge in [-0.15, -0.1) is 24.0 Å². The molecule has 0 bridgehead atoms. The smallest absolute Gasteiger partial charge is 0.225 e. The van der Waals surface area contributed by atoms with E-state index in [9.17, 15) is 9.18 Å². The lowest BCUT2D eigenvalue weighted by atomic mass is 10.0. The molecule has 1 saturated carbocycles. The first kappa shape index (κ1) is 26.2. The van der Waals surface area contributed by atoms with Crippen LogP contribution in [0.3, 0.4) is 0 Å². The standard InChI is InChI=1S/C24H36FN5O2.HI/c1-26-24(28-21-10-11-30(17-21)23(31)19-4-2-3-5-19)27-16-22(29-12-14-32-15-13-29)18-6-8-20(25)9-7-18;/h6-9,19,21-22H,2-5,10-17H2,1H3,(H2,26,27,28);1H. The molecule has 3 fully saturated rings. The number of nitrogens with one attached hydrogen (secondary N) is 2. The van der Waals surface area contributed by atoms with E-state index < -0.39 is 0 Å². The Labute approximate surface area is 213 Å². The summed E-state index contributed by atoms with van der Waals surface area (Å²) in [5.41, 5.74) is 1.07. The van der Waals surface area contributed by atoms with Crippen LogP contribution in [-0.4, -0.2) is 80.7 Å². The lowest BCUT2D eigenvalue weighted by Crippen LogP contribution is -2.49. The Bertz CT molecular complexity index is 782. The fourth-order valence-corrected chi connectivity index (χ4v) is 5.12. The van der Waals surface area contributed by atoms with E-state index in [1.807, 2.05) is 17.0 Å². The van der Waals surface area contributed by atoms with Crippen LogP contribution in [0.25, 0.3) is 0 Å². The molecule has 1 amide bonds. The highest BCUT2D eigenvalue weighted by molar-refractivity contribution is 14.0. The molecule has 2 saturated heterocycles. The molecular weight excluding hydrogens is 536 g/mol. The van der Waals surface area contributed by atoms with Gasteiger partial charge in [0.25, 0.3) is 0 Å². The Morgan fingerprint density at radius 1 is 1.15 bits per heavy atom. The molecule has 2 atom stereocenters. The third kappa shape index (κ3) is 7.02. The van der Waals surface area contributed by atoms with Gasteiger partial charge in [-0.25, -0.2) is 4.39 Å². The van der Waals surface area contributed by atoms with E-state index in [1.165, 1.54) is 25.0 Å². The number of nitrogens with zero attached hydrogens (tertiary/aromatic N) is 3. The molecule has 2 heterocycles. The lowest BCUT2D eigenvalue weighted by Gasteiger charge is -2.35. The van der Waals surface area contributed by atoms with Gasteiger partial charge in [0.1, 0.15) is 5.82 Å². The summed E-state index contributed by atoms with van der Waals surface area (Å²) in [6.45, 7) is 5.31. The maximum Gasteiger partial charge on any atom is 0.225 e. The van der Waals surface area contributed by atoms with E-state index in [-0.39, 0.29) is 47.8 Å². The Morgan fingerprint density at radius 2 is 1.85 bits per heavy atom. The summed E-state index contributed by atoms with van der Waals surface area (Å²) in [6.07, 6.45) is 5.39. The number of carbonyl (C=O) groups excluding carboxylic acids is 1. The molecule has 9 heteroatoms. The van der Waals surface area contributed by atoms with Crippen molar-refractivity contribution in [2.75, 3.05) is 53.0 Å². The van der Waals surface area contributed by atoms with Gasteiger partial charge in [0.2, 0.25) is 5.91 Å². The SMILES string of the molecule is CN=C(NCC(c1ccc(F)cc1)N1CCOCC1)NC1CCN(C(=O)C2CCCC2)C1.I. The second-order valence-electron chi connectivity index (χ2n) is 9.06. The fraction of sp³-hybridized carbons (Fsp3) is 0.667. The Kier molecular flexibility index (Phi) is 10.2. The highest BCUT2D eigenvalue weighted by Crippen LogP contribution is 2.28. The van der Waals surface area contributed by atoms with Crippen molar-refractivity contribution in [1.29, 1.82) is 0 Å². The third-order valence-corrected chi connectivity index (χ3v) is 6.97. The number of ether oxygens (including phenoxy) is 1. The number of halogens is 2. The van der Waals surface area contributed by atoms with Crippen molar-refractivity contribution in [2.24, 2.45) is 10.9 Å². The first-order valence-electron chi connectivity index (χ1n) is 12.0. The molecule has 1 aromatic carbocycles. The van der Waals surface area contributed by atoms with Crippen LogP contribution in [0.5, 0.6) is 0 Å². The van der Waals surface area contributed by atoms with Crippen LogP contribution in [0.2, 0.25) is 0 Å². The van der Waals surface area contributed by atoms with Gasteiger partial charge in [-0.3, -0.25) is 14.7 Å². The minimum absolute atomic E-state index is 0. The Hall–Kier alpha value is -1.46. The van der Waals surface area contributed by atoms with Crippen molar-refractivity contribution < 1.29 is 13.9 Å². The molecule has 2 aliphatic heterocycles. The highest BCUT2D eigenvalue weighted by atomic mass is 127. The van der Waals surface area contributed by atoms with Gasteiger partial charge in [0.15, 0.2) is 5.96 Å². The van der Waals surface area contributed by atoms with Gasteiger partial charge in [0, 0.05) is 51.7 Å². The molecule has 0 spiro atoms. The number of carbonyl (C=O) groups is 1.